The molecule has 0 radical (unpaired) electrons. The summed E-state index contributed by atoms with van der Waals surface area (Å²) in [6.45, 7) is 0. The fourth-order valence-electron chi connectivity index (χ4n) is 1.55. The van der Waals surface area contributed by atoms with Gasteiger partial charge in [0.25, 0.3) is 5.69 Å². The molecule has 5 N–H and O–H groups in total. The van der Waals surface area contributed by atoms with Crippen molar-refractivity contribution in [2.45, 2.75) is 12.5 Å². The Labute approximate surface area is 127 Å². The molecule has 2 rings (SSSR count). The molecule has 0 amide bonds. The molecule has 7 heteroatoms. The van der Waals surface area contributed by atoms with Crippen molar-refractivity contribution < 1.29 is 14.8 Å². The van der Waals surface area contributed by atoms with E-state index in [2.05, 4.69) is 0 Å². The van der Waals surface area contributed by atoms with Crippen molar-refractivity contribution in [3.05, 3.63) is 70.3 Å². The summed E-state index contributed by atoms with van der Waals surface area (Å²) in [6.07, 6.45) is 0.385. The average Bonchev–Trinajstić information content (AvgIpc) is 2.49. The summed E-state index contributed by atoms with van der Waals surface area (Å²) in [5, 5.41) is 18.6. The Bertz CT molecular complexity index is 614. The van der Waals surface area contributed by atoms with E-state index >= 15 is 0 Å². The number of hydrogen-bond acceptors (Lipinski definition) is 5. The van der Waals surface area contributed by atoms with Crippen LogP contribution in [0.25, 0.3) is 0 Å². The monoisotopic (exact) mass is 303 g/mol. The molecule has 0 spiro atoms. The zero-order chi connectivity index (χ0) is 16.5. The molecule has 2 aromatic rings. The van der Waals surface area contributed by atoms with Gasteiger partial charge in [-0.05, 0) is 24.1 Å². The molecule has 0 aliphatic heterocycles. The first-order valence-electron chi connectivity index (χ1n) is 6.42. The Hall–Kier alpha value is -2.93. The van der Waals surface area contributed by atoms with Crippen LogP contribution in [0.2, 0.25) is 0 Å². The number of nitrogen functional groups attached to an aromatic ring is 1. The topological polar surface area (TPSA) is 132 Å². The number of nitro groups is 1. The number of nitro benzene ring substituents is 1. The highest BCUT2D eigenvalue weighted by molar-refractivity contribution is 5.73. The Kier molecular flexibility index (Phi) is 6.52. The standard InChI is InChI=1S/C9H11NO2.C6H6N2O2/c10-8(9(11)12)6-7-4-2-1-3-5-7;7-5-1-3-6(4-2-5)8(9)10/h1-5,8H,6,10H2,(H,11,12);1-4H,7H2. The third-order valence-electron chi connectivity index (χ3n) is 2.72. The van der Waals surface area contributed by atoms with Crippen LogP contribution in [0.3, 0.4) is 0 Å². The number of carbonyl (C=O) groups is 1. The maximum absolute atomic E-state index is 10.4. The number of benzene rings is 2. The molecular weight excluding hydrogens is 286 g/mol. The molecule has 0 saturated heterocycles. The van der Waals surface area contributed by atoms with E-state index in [-0.39, 0.29) is 5.69 Å². The van der Waals surface area contributed by atoms with E-state index in [1.165, 1.54) is 24.3 Å². The number of rotatable bonds is 4. The molecule has 0 aliphatic carbocycles. The van der Waals surface area contributed by atoms with Crippen molar-refractivity contribution in [2.75, 3.05) is 5.73 Å². The number of nitrogens with zero attached hydrogens (tertiary/aromatic N) is 1. The Balaban J connectivity index is 0.000000224. The van der Waals surface area contributed by atoms with Gasteiger partial charge >= 0.3 is 5.97 Å². The first-order chi connectivity index (χ1) is 10.4. The van der Waals surface area contributed by atoms with Crippen molar-refractivity contribution in [2.24, 2.45) is 5.73 Å². The van der Waals surface area contributed by atoms with E-state index in [4.69, 9.17) is 16.6 Å². The smallest absolute Gasteiger partial charge is 0.320 e. The lowest BCUT2D eigenvalue weighted by atomic mass is 10.1. The third-order valence-corrected chi connectivity index (χ3v) is 2.72. The maximum atomic E-state index is 10.4. The van der Waals surface area contributed by atoms with E-state index in [0.717, 1.165) is 5.56 Å². The second-order valence-corrected chi connectivity index (χ2v) is 4.48. The van der Waals surface area contributed by atoms with Crippen molar-refractivity contribution in [1.82, 2.24) is 0 Å². The molecular formula is C15H17N3O4. The van der Waals surface area contributed by atoms with Crippen LogP contribution in [-0.2, 0) is 11.2 Å². The third kappa shape index (κ3) is 6.02. The van der Waals surface area contributed by atoms with E-state index in [0.29, 0.717) is 12.1 Å². The van der Waals surface area contributed by atoms with E-state index in [1.807, 2.05) is 30.3 Å². The van der Waals surface area contributed by atoms with Crippen LogP contribution in [0.1, 0.15) is 5.56 Å². The minimum atomic E-state index is -0.959. The molecule has 1 unspecified atom stereocenters. The van der Waals surface area contributed by atoms with Crippen LogP contribution >= 0.6 is 0 Å². The molecule has 22 heavy (non-hydrogen) atoms. The fraction of sp³-hybridized carbons (Fsp3) is 0.133. The lowest BCUT2D eigenvalue weighted by Crippen LogP contribution is -2.32. The quantitative estimate of drug-likeness (QED) is 0.448. The lowest BCUT2D eigenvalue weighted by molar-refractivity contribution is -0.384. The van der Waals surface area contributed by atoms with Gasteiger partial charge in [0.2, 0.25) is 0 Å². The van der Waals surface area contributed by atoms with Crippen LogP contribution < -0.4 is 11.5 Å². The summed E-state index contributed by atoms with van der Waals surface area (Å²) in [5.74, 6) is -0.959. The van der Waals surface area contributed by atoms with Crippen molar-refractivity contribution in [3.63, 3.8) is 0 Å². The Morgan fingerprint density at radius 1 is 1.14 bits per heavy atom. The summed E-state index contributed by atoms with van der Waals surface area (Å²) in [5.41, 5.74) is 12.2. The average molecular weight is 303 g/mol. The predicted octanol–water partition coefficient (Wildman–Crippen LogP) is 1.82. The van der Waals surface area contributed by atoms with Crippen LogP contribution in [0.4, 0.5) is 11.4 Å². The summed E-state index contributed by atoms with van der Waals surface area (Å²) < 4.78 is 0. The van der Waals surface area contributed by atoms with Crippen molar-refractivity contribution in [1.29, 1.82) is 0 Å². The fourth-order valence-corrected chi connectivity index (χ4v) is 1.55. The molecule has 0 heterocycles. The van der Waals surface area contributed by atoms with Crippen molar-refractivity contribution in [3.8, 4) is 0 Å². The summed E-state index contributed by atoms with van der Waals surface area (Å²) in [4.78, 5) is 20.0. The molecule has 1 atom stereocenters. The molecule has 0 bridgehead atoms. The van der Waals surface area contributed by atoms with Gasteiger partial charge in [0, 0.05) is 17.8 Å². The summed E-state index contributed by atoms with van der Waals surface area (Å²) >= 11 is 0. The normalized spacial score (nSPS) is 11.0. The van der Waals surface area contributed by atoms with E-state index in [1.54, 1.807) is 0 Å². The van der Waals surface area contributed by atoms with E-state index < -0.39 is 16.9 Å². The highest BCUT2D eigenvalue weighted by Gasteiger charge is 2.10. The second-order valence-electron chi connectivity index (χ2n) is 4.48. The van der Waals surface area contributed by atoms with Gasteiger partial charge in [0.15, 0.2) is 0 Å². The number of carboxylic acids is 1. The van der Waals surface area contributed by atoms with Gasteiger partial charge in [0.05, 0.1) is 4.92 Å². The molecule has 0 aliphatic rings. The number of non-ortho nitro benzene ring substituents is 1. The number of nitrogens with two attached hydrogens (primary N) is 2. The van der Waals surface area contributed by atoms with Crippen LogP contribution in [0.5, 0.6) is 0 Å². The van der Waals surface area contributed by atoms with Gasteiger partial charge in [-0.3, -0.25) is 14.9 Å². The Morgan fingerprint density at radius 3 is 2.14 bits per heavy atom. The molecule has 0 aromatic heterocycles. The van der Waals surface area contributed by atoms with Gasteiger partial charge < -0.3 is 16.6 Å². The zero-order valence-corrected chi connectivity index (χ0v) is 11.8. The number of anilines is 1. The first kappa shape index (κ1) is 17.1. The van der Waals surface area contributed by atoms with E-state index in [9.17, 15) is 14.9 Å². The van der Waals surface area contributed by atoms with Gasteiger partial charge in [-0.15, -0.1) is 0 Å². The SMILES string of the molecule is NC(Cc1ccccc1)C(=O)O.Nc1ccc([N+](=O)[O-])cc1. The van der Waals surface area contributed by atoms with Crippen molar-refractivity contribution >= 4 is 17.3 Å². The first-order valence-corrected chi connectivity index (χ1v) is 6.42. The summed E-state index contributed by atoms with van der Waals surface area (Å²) in [7, 11) is 0. The highest BCUT2D eigenvalue weighted by atomic mass is 16.6. The largest absolute Gasteiger partial charge is 0.480 e. The van der Waals surface area contributed by atoms with Crippen LogP contribution in [-0.4, -0.2) is 22.0 Å². The molecule has 0 fully saturated rings. The molecule has 2 aromatic carbocycles. The lowest BCUT2D eigenvalue weighted by Gasteiger charge is -2.04. The Morgan fingerprint density at radius 2 is 1.68 bits per heavy atom. The van der Waals surface area contributed by atoms with Gasteiger partial charge in [-0.25, -0.2) is 0 Å². The summed E-state index contributed by atoms with van der Waals surface area (Å²) in [6, 6.07) is 14.3. The van der Waals surface area contributed by atoms with Gasteiger partial charge in [-0.1, -0.05) is 30.3 Å². The predicted molar refractivity (Wildman–Crippen MR) is 83.3 cm³/mol. The number of hydrogen-bond donors (Lipinski definition) is 3. The van der Waals surface area contributed by atoms with Crippen LogP contribution in [0, 0.1) is 10.1 Å². The highest BCUT2D eigenvalue weighted by Crippen LogP contribution is 2.12. The second kappa shape index (κ2) is 8.38. The molecule has 116 valence electrons. The molecule has 0 saturated carbocycles. The van der Waals surface area contributed by atoms with Gasteiger partial charge in [0.1, 0.15) is 6.04 Å². The minimum Gasteiger partial charge on any atom is -0.480 e. The number of aliphatic carboxylic acids is 1. The number of carboxylic acid groups (broad SMARTS) is 1. The van der Waals surface area contributed by atoms with Gasteiger partial charge in [-0.2, -0.15) is 0 Å². The molecule has 7 nitrogen and oxygen atoms in total. The minimum absolute atomic E-state index is 0.0641. The zero-order valence-electron chi connectivity index (χ0n) is 11.8. The maximum Gasteiger partial charge on any atom is 0.320 e. The van der Waals surface area contributed by atoms with Crippen LogP contribution in [0.15, 0.2) is 54.6 Å².